The number of fused-ring (bicyclic) bond motifs is 1. The third-order valence-corrected chi connectivity index (χ3v) is 4.44. The van der Waals surface area contributed by atoms with Crippen molar-refractivity contribution < 1.29 is 0 Å². The van der Waals surface area contributed by atoms with Crippen molar-refractivity contribution in [3.63, 3.8) is 0 Å². The van der Waals surface area contributed by atoms with Crippen LogP contribution in [-0.4, -0.2) is 11.7 Å². The third kappa shape index (κ3) is 2.93. The lowest BCUT2D eigenvalue weighted by molar-refractivity contribution is 0.781. The SMILES string of the molecule is Cc1ccc(NC(=S)N2CCCc3ccccc32)cc1C. The predicted molar refractivity (Wildman–Crippen MR) is 94.2 cm³/mol. The van der Waals surface area contributed by atoms with E-state index in [1.807, 2.05) is 0 Å². The van der Waals surface area contributed by atoms with Gasteiger partial charge in [0.1, 0.15) is 0 Å². The first kappa shape index (κ1) is 14.1. The molecule has 0 radical (unpaired) electrons. The number of nitrogens with one attached hydrogen (secondary N) is 1. The largest absolute Gasteiger partial charge is 0.332 e. The molecule has 0 aromatic heterocycles. The highest BCUT2D eigenvalue weighted by molar-refractivity contribution is 7.80. The lowest BCUT2D eigenvalue weighted by atomic mass is 10.0. The monoisotopic (exact) mass is 296 g/mol. The first-order chi connectivity index (χ1) is 10.1. The number of aryl methyl sites for hydroxylation is 3. The molecule has 1 heterocycles. The van der Waals surface area contributed by atoms with Crippen LogP contribution in [-0.2, 0) is 6.42 Å². The fourth-order valence-corrected chi connectivity index (χ4v) is 3.06. The maximum Gasteiger partial charge on any atom is 0.177 e. The number of hydrogen-bond donors (Lipinski definition) is 1. The molecular weight excluding hydrogens is 276 g/mol. The molecule has 2 nitrogen and oxygen atoms in total. The summed E-state index contributed by atoms with van der Waals surface area (Å²) in [5.74, 6) is 0. The summed E-state index contributed by atoms with van der Waals surface area (Å²) in [7, 11) is 0. The number of hydrogen-bond acceptors (Lipinski definition) is 1. The maximum atomic E-state index is 5.62. The van der Waals surface area contributed by atoms with Crippen LogP contribution in [0.3, 0.4) is 0 Å². The Labute approximate surface area is 131 Å². The van der Waals surface area contributed by atoms with E-state index in [4.69, 9.17) is 12.2 Å². The second-order valence-electron chi connectivity index (χ2n) is 5.61. The number of benzene rings is 2. The predicted octanol–water partition coefficient (Wildman–Crippen LogP) is 4.45. The van der Waals surface area contributed by atoms with E-state index >= 15 is 0 Å². The van der Waals surface area contributed by atoms with Crippen molar-refractivity contribution in [2.45, 2.75) is 26.7 Å². The van der Waals surface area contributed by atoms with Gasteiger partial charge in [-0.3, -0.25) is 0 Å². The molecule has 108 valence electrons. The second-order valence-corrected chi connectivity index (χ2v) is 6.00. The molecule has 0 aliphatic carbocycles. The zero-order valence-corrected chi connectivity index (χ0v) is 13.3. The summed E-state index contributed by atoms with van der Waals surface area (Å²) in [4.78, 5) is 2.21. The molecule has 0 fully saturated rings. The number of para-hydroxylation sites is 1. The van der Waals surface area contributed by atoms with Crippen molar-refractivity contribution >= 4 is 28.7 Å². The van der Waals surface area contributed by atoms with Gasteiger partial charge < -0.3 is 10.2 Å². The Hall–Kier alpha value is -1.87. The van der Waals surface area contributed by atoms with Crippen LogP contribution in [0.4, 0.5) is 11.4 Å². The van der Waals surface area contributed by atoms with Gasteiger partial charge in [-0.2, -0.15) is 0 Å². The Morgan fingerprint density at radius 3 is 2.71 bits per heavy atom. The first-order valence-electron chi connectivity index (χ1n) is 7.39. The third-order valence-electron chi connectivity index (χ3n) is 4.11. The molecule has 1 N–H and O–H groups in total. The van der Waals surface area contributed by atoms with Gasteiger partial charge >= 0.3 is 0 Å². The van der Waals surface area contributed by atoms with Crippen molar-refractivity contribution in [2.75, 3.05) is 16.8 Å². The van der Waals surface area contributed by atoms with Crippen LogP contribution in [0.5, 0.6) is 0 Å². The van der Waals surface area contributed by atoms with E-state index in [1.165, 1.54) is 22.4 Å². The molecule has 0 atom stereocenters. The minimum absolute atomic E-state index is 0.783. The average Bonchev–Trinajstić information content (AvgIpc) is 2.50. The van der Waals surface area contributed by atoms with Crippen LogP contribution in [0.2, 0.25) is 0 Å². The molecular formula is C18H20N2S. The van der Waals surface area contributed by atoms with Crippen molar-refractivity contribution in [1.29, 1.82) is 0 Å². The zero-order valence-electron chi connectivity index (χ0n) is 12.5. The van der Waals surface area contributed by atoms with E-state index in [2.05, 4.69) is 66.5 Å². The van der Waals surface area contributed by atoms with Gasteiger partial charge in [-0.1, -0.05) is 24.3 Å². The summed E-state index contributed by atoms with van der Waals surface area (Å²) in [5.41, 5.74) is 6.26. The number of thiocarbonyl (C=S) groups is 1. The van der Waals surface area contributed by atoms with Crippen molar-refractivity contribution in [2.24, 2.45) is 0 Å². The number of nitrogens with zero attached hydrogens (tertiary/aromatic N) is 1. The molecule has 2 aromatic carbocycles. The topological polar surface area (TPSA) is 15.3 Å². The summed E-state index contributed by atoms with van der Waals surface area (Å²) in [6.07, 6.45) is 2.28. The van der Waals surface area contributed by atoms with Gasteiger partial charge in [0.25, 0.3) is 0 Å². The first-order valence-corrected chi connectivity index (χ1v) is 7.79. The fourth-order valence-electron chi connectivity index (χ4n) is 2.75. The number of anilines is 2. The van der Waals surface area contributed by atoms with E-state index in [0.29, 0.717) is 0 Å². The van der Waals surface area contributed by atoms with Crippen molar-refractivity contribution in [3.8, 4) is 0 Å². The Kier molecular flexibility index (Phi) is 3.93. The van der Waals surface area contributed by atoms with Gasteiger partial charge in [-0.15, -0.1) is 0 Å². The second kappa shape index (κ2) is 5.86. The normalized spacial score (nSPS) is 13.7. The van der Waals surface area contributed by atoms with E-state index in [1.54, 1.807) is 0 Å². The van der Waals surface area contributed by atoms with E-state index < -0.39 is 0 Å². The summed E-state index contributed by atoms with van der Waals surface area (Å²) >= 11 is 5.62. The van der Waals surface area contributed by atoms with Gasteiger partial charge in [-0.05, 0) is 73.8 Å². The standard InChI is InChI=1S/C18H20N2S/c1-13-9-10-16(12-14(13)2)19-18(21)20-11-5-7-15-6-3-4-8-17(15)20/h3-4,6,8-10,12H,5,7,11H2,1-2H3,(H,19,21). The lowest BCUT2D eigenvalue weighted by Crippen LogP contribution is -2.38. The van der Waals surface area contributed by atoms with E-state index in [-0.39, 0.29) is 0 Å². The lowest BCUT2D eigenvalue weighted by Gasteiger charge is -2.31. The molecule has 21 heavy (non-hydrogen) atoms. The molecule has 3 heteroatoms. The fraction of sp³-hybridized carbons (Fsp3) is 0.278. The number of rotatable bonds is 1. The molecule has 0 unspecified atom stereocenters. The summed E-state index contributed by atoms with van der Waals surface area (Å²) in [6.45, 7) is 5.23. The Bertz CT molecular complexity index is 679. The van der Waals surface area contributed by atoms with Crippen molar-refractivity contribution in [3.05, 3.63) is 59.2 Å². The molecule has 1 aliphatic rings. The summed E-state index contributed by atoms with van der Waals surface area (Å²) in [5, 5.41) is 4.16. The van der Waals surface area contributed by atoms with Crippen LogP contribution in [0.15, 0.2) is 42.5 Å². The smallest absolute Gasteiger partial charge is 0.177 e. The molecule has 2 aromatic rings. The van der Waals surface area contributed by atoms with Crippen LogP contribution in [0, 0.1) is 13.8 Å². The summed E-state index contributed by atoms with van der Waals surface area (Å²) in [6, 6.07) is 14.9. The van der Waals surface area contributed by atoms with Crippen molar-refractivity contribution in [1.82, 2.24) is 0 Å². The highest BCUT2D eigenvalue weighted by atomic mass is 32.1. The van der Waals surface area contributed by atoms with Crippen LogP contribution < -0.4 is 10.2 Å². The van der Waals surface area contributed by atoms with Gasteiger partial charge in [-0.25, -0.2) is 0 Å². The van der Waals surface area contributed by atoms with Crippen LogP contribution >= 0.6 is 12.2 Å². The molecule has 0 bridgehead atoms. The van der Waals surface area contributed by atoms with E-state index in [9.17, 15) is 0 Å². The van der Waals surface area contributed by atoms with Crippen LogP contribution in [0.25, 0.3) is 0 Å². The van der Waals surface area contributed by atoms with Gasteiger partial charge in [0.2, 0.25) is 0 Å². The van der Waals surface area contributed by atoms with Gasteiger partial charge in [0.05, 0.1) is 0 Å². The highest BCUT2D eigenvalue weighted by Crippen LogP contribution is 2.27. The molecule has 0 amide bonds. The van der Waals surface area contributed by atoms with Crippen LogP contribution in [0.1, 0.15) is 23.1 Å². The maximum absolute atomic E-state index is 5.62. The highest BCUT2D eigenvalue weighted by Gasteiger charge is 2.19. The molecule has 0 saturated heterocycles. The molecule has 0 saturated carbocycles. The summed E-state index contributed by atoms with van der Waals surface area (Å²) < 4.78 is 0. The minimum atomic E-state index is 0.783. The molecule has 3 rings (SSSR count). The van der Waals surface area contributed by atoms with E-state index in [0.717, 1.165) is 30.2 Å². The van der Waals surface area contributed by atoms with Gasteiger partial charge in [0.15, 0.2) is 5.11 Å². The van der Waals surface area contributed by atoms with Gasteiger partial charge in [0, 0.05) is 17.9 Å². The minimum Gasteiger partial charge on any atom is -0.332 e. The average molecular weight is 296 g/mol. The molecule has 0 spiro atoms. The Morgan fingerprint density at radius 2 is 1.90 bits per heavy atom. The Morgan fingerprint density at radius 1 is 1.10 bits per heavy atom. The quantitative estimate of drug-likeness (QED) is 0.783. The molecule has 1 aliphatic heterocycles. The zero-order chi connectivity index (χ0) is 14.8. The Balaban J connectivity index is 1.81.